The van der Waals surface area contributed by atoms with Crippen LogP contribution in [0.15, 0.2) is 94.9 Å². The third-order valence-electron chi connectivity index (χ3n) is 5.13. The van der Waals surface area contributed by atoms with Crippen LogP contribution in [0.3, 0.4) is 0 Å². The third kappa shape index (κ3) is 4.19. The van der Waals surface area contributed by atoms with Crippen molar-refractivity contribution in [1.29, 1.82) is 0 Å². The molecule has 0 spiro atoms. The van der Waals surface area contributed by atoms with Gasteiger partial charge in [0, 0.05) is 34.6 Å². The summed E-state index contributed by atoms with van der Waals surface area (Å²) < 4.78 is 1.30. The van der Waals surface area contributed by atoms with Gasteiger partial charge in [-0.25, -0.2) is 0 Å². The molecule has 3 aromatic carbocycles. The first kappa shape index (κ1) is 20.2. The van der Waals surface area contributed by atoms with E-state index in [0.717, 1.165) is 44.3 Å². The highest BCUT2D eigenvalue weighted by atomic mass is 32.1. The molecule has 0 aliphatic carbocycles. The molecular weight excluding hydrogens is 432 g/mol. The number of H-pyrrole nitrogens is 2. The van der Waals surface area contributed by atoms with Crippen LogP contribution in [-0.4, -0.2) is 22.4 Å². The summed E-state index contributed by atoms with van der Waals surface area (Å²) in [4.78, 5) is 15.8. The molecule has 0 saturated carbocycles. The Labute approximate surface area is 195 Å². The van der Waals surface area contributed by atoms with Gasteiger partial charge in [-0.05, 0) is 47.2 Å². The summed E-state index contributed by atoms with van der Waals surface area (Å²) >= 11 is 11.0. The molecule has 32 heavy (non-hydrogen) atoms. The number of nitrogens with one attached hydrogen (secondary N) is 2. The van der Waals surface area contributed by atoms with Gasteiger partial charge in [0.05, 0.1) is 11.4 Å². The molecule has 0 fully saturated rings. The van der Waals surface area contributed by atoms with Gasteiger partial charge in [-0.3, -0.25) is 9.98 Å². The van der Waals surface area contributed by atoms with Crippen LogP contribution in [0.25, 0.3) is 21.8 Å². The summed E-state index contributed by atoms with van der Waals surface area (Å²) in [6.45, 7) is 0. The molecule has 2 aromatic heterocycles. The maximum absolute atomic E-state index is 5.50. The Hall–Kier alpha value is -3.74. The molecule has 2 N–H and O–H groups in total. The average Bonchev–Trinajstić information content (AvgIpc) is 2.82. The lowest BCUT2D eigenvalue weighted by Crippen LogP contribution is -1.89. The molecule has 5 rings (SSSR count). The van der Waals surface area contributed by atoms with E-state index >= 15 is 0 Å². The van der Waals surface area contributed by atoms with E-state index in [1.165, 1.54) is 0 Å². The molecule has 0 amide bonds. The Balaban J connectivity index is 1.49. The number of hydrogen-bond donors (Lipinski definition) is 2. The SMILES string of the molecule is S=c1[nH]c2ccccc2cc1C=Nc1ccccc1N=Cc1cc2ccccc2[nH]c1=S. The van der Waals surface area contributed by atoms with Crippen LogP contribution in [0.4, 0.5) is 11.4 Å². The first-order valence-electron chi connectivity index (χ1n) is 10.1. The van der Waals surface area contributed by atoms with Crippen molar-refractivity contribution in [3.63, 3.8) is 0 Å². The Bertz CT molecular complexity index is 1500. The zero-order chi connectivity index (χ0) is 21.9. The zero-order valence-electron chi connectivity index (χ0n) is 16.9. The minimum Gasteiger partial charge on any atom is -0.346 e. The molecule has 154 valence electrons. The second-order valence-corrected chi connectivity index (χ2v) is 8.10. The number of aromatic nitrogens is 2. The van der Waals surface area contributed by atoms with Gasteiger partial charge in [0.15, 0.2) is 0 Å². The number of fused-ring (bicyclic) bond motifs is 2. The first-order chi connectivity index (χ1) is 15.7. The van der Waals surface area contributed by atoms with Gasteiger partial charge in [-0.15, -0.1) is 0 Å². The average molecular weight is 451 g/mol. The van der Waals surface area contributed by atoms with Crippen molar-refractivity contribution in [2.24, 2.45) is 9.98 Å². The number of benzene rings is 3. The lowest BCUT2D eigenvalue weighted by molar-refractivity contribution is 1.36. The number of aromatic amines is 2. The van der Waals surface area contributed by atoms with Crippen LogP contribution in [0.2, 0.25) is 0 Å². The monoisotopic (exact) mass is 450 g/mol. The smallest absolute Gasteiger partial charge is 0.112 e. The maximum Gasteiger partial charge on any atom is 0.112 e. The molecule has 0 atom stereocenters. The van der Waals surface area contributed by atoms with Crippen LogP contribution < -0.4 is 0 Å². The third-order valence-corrected chi connectivity index (χ3v) is 5.81. The normalized spacial score (nSPS) is 11.8. The quantitative estimate of drug-likeness (QED) is 0.219. The molecule has 2 heterocycles. The molecule has 4 nitrogen and oxygen atoms in total. The van der Waals surface area contributed by atoms with Crippen molar-refractivity contribution in [1.82, 2.24) is 9.97 Å². The van der Waals surface area contributed by atoms with Crippen molar-refractivity contribution < 1.29 is 0 Å². The summed E-state index contributed by atoms with van der Waals surface area (Å²) in [5, 5.41) is 2.17. The fraction of sp³-hybridized carbons (Fsp3) is 0. The van der Waals surface area contributed by atoms with Gasteiger partial charge in [0.1, 0.15) is 9.28 Å². The molecule has 0 unspecified atom stereocenters. The fourth-order valence-corrected chi connectivity index (χ4v) is 3.92. The van der Waals surface area contributed by atoms with Crippen LogP contribution in [0, 0.1) is 9.28 Å². The number of para-hydroxylation sites is 4. The first-order valence-corrected chi connectivity index (χ1v) is 10.9. The Morgan fingerprint density at radius 3 is 1.44 bits per heavy atom. The van der Waals surface area contributed by atoms with Gasteiger partial charge < -0.3 is 9.97 Å². The minimum absolute atomic E-state index is 0.649. The van der Waals surface area contributed by atoms with Crippen LogP contribution in [-0.2, 0) is 0 Å². The van der Waals surface area contributed by atoms with Crippen LogP contribution in [0.5, 0.6) is 0 Å². The predicted molar refractivity (Wildman–Crippen MR) is 139 cm³/mol. The Morgan fingerprint density at radius 1 is 0.562 bits per heavy atom. The Kier molecular flexibility index (Phi) is 5.54. The summed E-state index contributed by atoms with van der Waals surface area (Å²) in [6.07, 6.45) is 3.56. The van der Waals surface area contributed by atoms with Crippen molar-refractivity contribution in [3.8, 4) is 0 Å². The molecule has 0 radical (unpaired) electrons. The predicted octanol–water partition coefficient (Wildman–Crippen LogP) is 7.61. The summed E-state index contributed by atoms with van der Waals surface area (Å²) in [7, 11) is 0. The standard InChI is InChI=1S/C26H18N4S2/c31-25-19(13-17-7-1-3-9-21(17)29-25)15-27-23-11-5-6-12-24(23)28-16-20-14-18-8-2-4-10-22(18)30-26(20)32/h1-16H,(H,29,31)(H,30,32). The van der Waals surface area contributed by atoms with E-state index in [1.54, 1.807) is 12.4 Å². The summed E-state index contributed by atoms with van der Waals surface area (Å²) in [6, 6.07) is 27.9. The van der Waals surface area contributed by atoms with Gasteiger partial charge in [0.25, 0.3) is 0 Å². The number of aliphatic imine (C=N–C) groups is 2. The van der Waals surface area contributed by atoms with Gasteiger partial charge in [0.2, 0.25) is 0 Å². The molecule has 0 aliphatic heterocycles. The number of pyridine rings is 2. The highest BCUT2D eigenvalue weighted by molar-refractivity contribution is 7.71. The molecular formula is C26H18N4S2. The van der Waals surface area contributed by atoms with E-state index in [4.69, 9.17) is 24.4 Å². The zero-order valence-corrected chi connectivity index (χ0v) is 18.6. The lowest BCUT2D eigenvalue weighted by Gasteiger charge is -2.03. The number of rotatable bonds is 4. The second-order valence-electron chi connectivity index (χ2n) is 7.29. The van der Waals surface area contributed by atoms with E-state index in [-0.39, 0.29) is 0 Å². The van der Waals surface area contributed by atoms with Crippen molar-refractivity contribution in [2.45, 2.75) is 0 Å². The van der Waals surface area contributed by atoms with E-state index in [1.807, 2.05) is 84.9 Å². The van der Waals surface area contributed by atoms with E-state index < -0.39 is 0 Å². The van der Waals surface area contributed by atoms with E-state index in [9.17, 15) is 0 Å². The number of nitrogens with zero attached hydrogens (tertiary/aromatic N) is 2. The molecule has 5 aromatic rings. The number of hydrogen-bond acceptors (Lipinski definition) is 4. The van der Waals surface area contributed by atoms with E-state index in [2.05, 4.69) is 20.0 Å². The summed E-state index contributed by atoms with van der Waals surface area (Å²) in [5.41, 5.74) is 5.23. The molecule has 6 heteroatoms. The van der Waals surface area contributed by atoms with Crippen molar-refractivity contribution in [2.75, 3.05) is 0 Å². The van der Waals surface area contributed by atoms with Crippen LogP contribution >= 0.6 is 24.4 Å². The highest BCUT2D eigenvalue weighted by Crippen LogP contribution is 2.27. The molecule has 0 aliphatic rings. The van der Waals surface area contributed by atoms with E-state index in [0.29, 0.717) is 9.28 Å². The molecule has 0 saturated heterocycles. The fourth-order valence-electron chi connectivity index (χ4n) is 3.48. The van der Waals surface area contributed by atoms with Gasteiger partial charge >= 0.3 is 0 Å². The Morgan fingerprint density at radius 2 is 0.969 bits per heavy atom. The minimum atomic E-state index is 0.649. The van der Waals surface area contributed by atoms with Gasteiger partial charge in [-0.1, -0.05) is 73.0 Å². The largest absolute Gasteiger partial charge is 0.346 e. The molecule has 0 bridgehead atoms. The lowest BCUT2D eigenvalue weighted by atomic mass is 10.1. The maximum atomic E-state index is 5.50. The van der Waals surface area contributed by atoms with Crippen molar-refractivity contribution in [3.05, 3.63) is 105 Å². The topological polar surface area (TPSA) is 56.3 Å². The van der Waals surface area contributed by atoms with Crippen molar-refractivity contribution >= 4 is 70.0 Å². The second kappa shape index (κ2) is 8.78. The summed E-state index contributed by atoms with van der Waals surface area (Å²) in [5.74, 6) is 0. The van der Waals surface area contributed by atoms with Gasteiger partial charge in [-0.2, -0.15) is 0 Å². The van der Waals surface area contributed by atoms with Crippen LogP contribution in [0.1, 0.15) is 11.1 Å². The highest BCUT2D eigenvalue weighted by Gasteiger charge is 2.02.